The fourth-order valence-electron chi connectivity index (χ4n) is 19.4. The van der Waals surface area contributed by atoms with Crippen molar-refractivity contribution in [2.45, 2.75) is 284 Å². The molecule has 12 rings (SSSR count). The first-order valence-electron chi connectivity index (χ1n) is 45.1. The first-order valence-corrected chi connectivity index (χ1v) is 52.0. The summed E-state index contributed by atoms with van der Waals surface area (Å²) in [6.07, 6.45) is 25.4. The van der Waals surface area contributed by atoms with Gasteiger partial charge in [0.2, 0.25) is 35.4 Å². The predicted octanol–water partition coefficient (Wildman–Crippen LogP) is 10.3. The molecule has 0 radical (unpaired) electrons. The van der Waals surface area contributed by atoms with E-state index in [0.29, 0.717) is 73.2 Å². The van der Waals surface area contributed by atoms with Gasteiger partial charge >= 0.3 is 0 Å². The summed E-state index contributed by atoms with van der Waals surface area (Å²) in [5.74, 6) is 10.7. The van der Waals surface area contributed by atoms with Crippen molar-refractivity contribution in [3.05, 3.63) is 0 Å². The summed E-state index contributed by atoms with van der Waals surface area (Å²) in [7, 11) is 5.38. The van der Waals surface area contributed by atoms with Crippen molar-refractivity contribution in [2.75, 3.05) is 180 Å². The second-order valence-corrected chi connectivity index (χ2v) is 49.6. The molecule has 12 aliphatic heterocycles. The Kier molecular flexibility index (Phi) is 40.3. The van der Waals surface area contributed by atoms with Crippen LogP contribution in [-0.2, 0) is 53.2 Å². The second kappa shape index (κ2) is 46.5. The first-order chi connectivity index (χ1) is 54.5. The topological polar surface area (TPSA) is 272 Å². The summed E-state index contributed by atoms with van der Waals surface area (Å²) in [5, 5.41) is 19.2. The average Bonchev–Trinajstić information content (AvgIpc) is 1.67. The van der Waals surface area contributed by atoms with Gasteiger partial charge in [0.05, 0.1) is 58.8 Å². The van der Waals surface area contributed by atoms with Crippen LogP contribution in [0.4, 0.5) is 0 Å². The number of carbonyl (C=O) groups excluding carboxylic acids is 6. The number of nitrogens with zero attached hydrogens (tertiary/aromatic N) is 6. The minimum absolute atomic E-state index is 0.00150. The van der Waals surface area contributed by atoms with Crippen molar-refractivity contribution in [1.82, 2.24) is 61.3 Å². The van der Waals surface area contributed by atoms with Crippen molar-refractivity contribution in [1.29, 1.82) is 0 Å². The SMILES string of the molecule is CNC1CCC(C)(C)CN(CC2CCCCS2)C1=O.CNC1CCC(C)(C)CN(CC2CCCS2(=O)=O)C1=O.CNC1CCC(C)(C)CN(CC2CCCSC2)C1=O.CNC1CCC(C)(C)CN(CC2CCOCC2)C1=O.CNC1CCC(C)(C)CN(CC2CCS(=O)(=O)C2)C1=O.CNC1CCC(C)(C)CN(CC2CCSCC2)C1=O. The molecule has 672 valence electrons. The minimum Gasteiger partial charge on any atom is -0.381 e. The van der Waals surface area contributed by atoms with Crippen molar-refractivity contribution < 1.29 is 50.3 Å². The van der Waals surface area contributed by atoms with Gasteiger partial charge in [-0.3, -0.25) is 28.8 Å². The number of hydrogen-bond acceptors (Lipinski definition) is 20. The van der Waals surface area contributed by atoms with Gasteiger partial charge in [0.15, 0.2) is 19.7 Å². The summed E-state index contributed by atoms with van der Waals surface area (Å²) >= 11 is 6.17. The molecule has 28 heteroatoms. The zero-order valence-corrected chi connectivity index (χ0v) is 79.8. The zero-order valence-electron chi connectivity index (χ0n) is 75.7. The highest BCUT2D eigenvalue weighted by atomic mass is 32.2. The van der Waals surface area contributed by atoms with Crippen LogP contribution in [0.5, 0.6) is 0 Å². The monoisotopic (exact) mass is 1730 g/mol. The van der Waals surface area contributed by atoms with E-state index in [-0.39, 0.29) is 109 Å². The van der Waals surface area contributed by atoms with E-state index in [9.17, 15) is 45.6 Å². The van der Waals surface area contributed by atoms with E-state index in [1.807, 2.05) is 40.1 Å². The van der Waals surface area contributed by atoms with E-state index in [4.69, 9.17) is 4.74 Å². The zero-order chi connectivity index (χ0) is 85.5. The third-order valence-electron chi connectivity index (χ3n) is 26.9. The van der Waals surface area contributed by atoms with Crippen molar-refractivity contribution in [3.63, 3.8) is 0 Å². The lowest BCUT2D eigenvalue weighted by atomic mass is 9.87. The third-order valence-corrected chi connectivity index (χ3v) is 34.7. The van der Waals surface area contributed by atoms with Gasteiger partial charge in [-0.15, -0.1) is 0 Å². The molecule has 0 bridgehead atoms. The molecule has 6 amide bonds. The molecule has 10 unspecified atom stereocenters. The molecule has 0 aromatic rings. The van der Waals surface area contributed by atoms with Gasteiger partial charge in [0, 0.05) is 97.0 Å². The lowest BCUT2D eigenvalue weighted by Crippen LogP contribution is -2.48. The van der Waals surface area contributed by atoms with Crippen LogP contribution in [0.2, 0.25) is 0 Å². The number of rotatable bonds is 18. The maximum atomic E-state index is 12.6. The van der Waals surface area contributed by atoms with Gasteiger partial charge in [-0.25, -0.2) is 16.8 Å². The molecular formula is C88H164N12O11S5. The molecule has 12 aliphatic rings. The van der Waals surface area contributed by atoms with Crippen LogP contribution >= 0.6 is 35.3 Å². The Morgan fingerprint density at radius 3 is 0.991 bits per heavy atom. The first kappa shape index (κ1) is 101. The van der Waals surface area contributed by atoms with Gasteiger partial charge in [-0.2, -0.15) is 35.3 Å². The molecule has 0 saturated carbocycles. The fourth-order valence-corrected chi connectivity index (χ4v) is 26.8. The van der Waals surface area contributed by atoms with Crippen LogP contribution in [0.25, 0.3) is 0 Å². The molecule has 116 heavy (non-hydrogen) atoms. The summed E-state index contributed by atoms with van der Waals surface area (Å²) in [6, 6.07) is -0.231. The minimum atomic E-state index is -3.00. The molecule has 12 heterocycles. The third kappa shape index (κ3) is 32.9. The van der Waals surface area contributed by atoms with Crippen LogP contribution in [0.3, 0.4) is 0 Å². The van der Waals surface area contributed by atoms with Gasteiger partial charge in [-0.05, 0) is 275 Å². The van der Waals surface area contributed by atoms with Gasteiger partial charge in [0.1, 0.15) is 0 Å². The second-order valence-electron chi connectivity index (χ2n) is 41.2. The van der Waals surface area contributed by atoms with Crippen molar-refractivity contribution in [3.8, 4) is 0 Å². The Morgan fingerprint density at radius 1 is 0.336 bits per heavy atom. The highest BCUT2D eigenvalue weighted by Gasteiger charge is 2.44. The molecule has 0 aromatic carbocycles. The van der Waals surface area contributed by atoms with E-state index in [1.165, 1.54) is 73.7 Å². The van der Waals surface area contributed by atoms with Crippen molar-refractivity contribution in [2.24, 2.45) is 56.2 Å². The van der Waals surface area contributed by atoms with E-state index in [0.717, 1.165) is 174 Å². The molecular weight excluding hydrogens is 1560 g/mol. The summed E-state index contributed by atoms with van der Waals surface area (Å²) in [4.78, 5) is 87.6. The highest BCUT2D eigenvalue weighted by molar-refractivity contribution is 8.00. The Balaban J connectivity index is 0.000000192. The lowest BCUT2D eigenvalue weighted by Gasteiger charge is -2.34. The number of sulfone groups is 2. The maximum absolute atomic E-state index is 12.6. The van der Waals surface area contributed by atoms with E-state index in [2.05, 4.69) is 170 Å². The largest absolute Gasteiger partial charge is 0.381 e. The van der Waals surface area contributed by atoms with Gasteiger partial charge in [-0.1, -0.05) is 89.5 Å². The lowest BCUT2D eigenvalue weighted by molar-refractivity contribution is -0.135. The number of thioether (sulfide) groups is 3. The van der Waals surface area contributed by atoms with Crippen LogP contribution in [0.1, 0.15) is 237 Å². The number of hydrogen-bond donors (Lipinski definition) is 6. The fraction of sp³-hybridized carbons (Fsp3) is 0.932. The molecule has 0 spiro atoms. The number of nitrogens with one attached hydrogen (secondary N) is 6. The van der Waals surface area contributed by atoms with Crippen molar-refractivity contribution >= 4 is 90.4 Å². The molecule has 12 fully saturated rings. The van der Waals surface area contributed by atoms with Gasteiger partial charge < -0.3 is 66.0 Å². The number of ether oxygens (including phenoxy) is 1. The summed E-state index contributed by atoms with van der Waals surface area (Å²) in [6.45, 7) is 38.4. The van der Waals surface area contributed by atoms with E-state index in [1.54, 1.807) is 11.9 Å². The van der Waals surface area contributed by atoms with Crippen LogP contribution < -0.4 is 31.9 Å². The van der Waals surface area contributed by atoms with Crippen LogP contribution in [0.15, 0.2) is 0 Å². The summed E-state index contributed by atoms with van der Waals surface area (Å²) in [5.41, 5.74) is 1.13. The standard InChI is InChI=1S/C15H28N2O2.3C15H28N2OS.2C14H26N2O3S/c2*1-15(2)7-4-13(16-3)14(18)17(11-15)10-12-5-8-19-9-6-12;1-15(2)7-6-13(16-3)14(18)17(11-15)9-12-5-4-8-19-10-12;1-15(2)8-7-13(16-3)14(18)17(11-15)10-12-6-4-5-9-19-12;1-14(2)6-4-12(15-3)13(17)16(10-14)8-11-5-7-20(18,19)9-11;1-14(2)7-6-12(15-3)13(17)16(10-14)9-11-5-4-8-20(11,18)19/h4*12-13,16H,4-11H2,1-3H3;2*11-12,15H,4-10H2,1-3H3. The van der Waals surface area contributed by atoms with Gasteiger partial charge in [0.25, 0.3) is 0 Å². The number of amides is 6. The van der Waals surface area contributed by atoms with E-state index < -0.39 is 19.7 Å². The highest BCUT2D eigenvalue weighted by Crippen LogP contribution is 2.38. The molecule has 12 saturated heterocycles. The molecule has 0 aliphatic carbocycles. The van der Waals surface area contributed by atoms with E-state index >= 15 is 0 Å². The molecule has 10 atom stereocenters. The van der Waals surface area contributed by atoms with Crippen LogP contribution in [0, 0.1) is 56.2 Å². The predicted molar refractivity (Wildman–Crippen MR) is 482 cm³/mol. The Labute approximate surface area is 717 Å². The maximum Gasteiger partial charge on any atom is 0.239 e. The molecule has 0 aromatic heterocycles. The number of carbonyl (C=O) groups is 6. The smallest absolute Gasteiger partial charge is 0.239 e. The Hall–Kier alpha value is -2.51. The quantitative estimate of drug-likeness (QED) is 0.0744. The Bertz CT molecular complexity index is 3040. The normalized spacial score (nSPS) is 31.6. The molecule has 6 N–H and O–H groups in total. The number of likely N-dealkylation sites (tertiary alicyclic amines) is 6. The Morgan fingerprint density at radius 2 is 0.681 bits per heavy atom. The summed E-state index contributed by atoms with van der Waals surface area (Å²) < 4.78 is 52.5. The molecule has 23 nitrogen and oxygen atoms in total. The average molecular weight is 1730 g/mol. The number of likely N-dealkylation sites (N-methyl/N-ethyl adjacent to an activating group) is 6. The van der Waals surface area contributed by atoms with Crippen LogP contribution in [-0.4, -0.2) is 308 Å².